The van der Waals surface area contributed by atoms with Crippen molar-refractivity contribution in [1.29, 1.82) is 0 Å². The third-order valence-corrected chi connectivity index (χ3v) is 4.76. The Morgan fingerprint density at radius 1 is 1.15 bits per heavy atom. The minimum Gasteiger partial charge on any atom is -0.309 e. The number of anilines is 1. The lowest BCUT2D eigenvalue weighted by molar-refractivity contribution is -0.113. The molecule has 0 aliphatic carbocycles. The number of aryl methyl sites for hydroxylation is 1. The number of carbonyl (C=O) groups is 1. The summed E-state index contributed by atoms with van der Waals surface area (Å²) in [6.45, 7) is 0. The lowest BCUT2D eigenvalue weighted by atomic mass is 10.1. The van der Waals surface area contributed by atoms with E-state index in [9.17, 15) is 4.79 Å². The lowest BCUT2D eigenvalue weighted by Crippen LogP contribution is -2.16. The van der Waals surface area contributed by atoms with Gasteiger partial charge >= 0.3 is 0 Å². The Morgan fingerprint density at radius 2 is 1.96 bits per heavy atom. The average Bonchev–Trinajstić information content (AvgIpc) is 3.24. The minimum absolute atomic E-state index is 0.152. The molecule has 1 amide bonds. The van der Waals surface area contributed by atoms with E-state index >= 15 is 0 Å². The Hall–Kier alpha value is -3.20. The van der Waals surface area contributed by atoms with Crippen molar-refractivity contribution in [2.45, 2.75) is 5.16 Å². The molecule has 9 heteroatoms. The van der Waals surface area contributed by atoms with E-state index in [0.717, 1.165) is 16.9 Å². The molecule has 0 saturated carbocycles. The standard InChI is InChI=1S/C17H15N7OS/c1-23-17(20-21-22-23)26-11-14(25)19-16-15(12-7-3-2-4-8-12)18-13-9-5-6-10-24(13)16/h2-10H,11H2,1H3,(H,19,25). The Bertz CT molecular complexity index is 1060. The number of nitrogens with zero attached hydrogens (tertiary/aromatic N) is 6. The van der Waals surface area contributed by atoms with Gasteiger partial charge in [0.2, 0.25) is 11.1 Å². The molecule has 4 aromatic rings. The zero-order chi connectivity index (χ0) is 17.9. The molecular formula is C17H15N7OS. The van der Waals surface area contributed by atoms with Crippen molar-refractivity contribution in [2.75, 3.05) is 11.1 Å². The van der Waals surface area contributed by atoms with Gasteiger partial charge in [-0.05, 0) is 22.6 Å². The van der Waals surface area contributed by atoms with Crippen LogP contribution in [0.25, 0.3) is 16.9 Å². The maximum Gasteiger partial charge on any atom is 0.236 e. The highest BCUT2D eigenvalue weighted by Crippen LogP contribution is 2.28. The summed E-state index contributed by atoms with van der Waals surface area (Å²) in [5, 5.41) is 14.7. The second-order valence-corrected chi connectivity index (χ2v) is 6.47. The van der Waals surface area contributed by atoms with Crippen LogP contribution in [0.15, 0.2) is 59.9 Å². The summed E-state index contributed by atoms with van der Waals surface area (Å²) >= 11 is 1.28. The smallest absolute Gasteiger partial charge is 0.236 e. The SMILES string of the molecule is Cn1nnnc1SCC(=O)Nc1c(-c2ccccc2)nc2ccccn12. The molecular weight excluding hydrogens is 350 g/mol. The topological polar surface area (TPSA) is 90.0 Å². The van der Waals surface area contributed by atoms with Crippen LogP contribution in [0, 0.1) is 0 Å². The molecule has 0 aliphatic rings. The summed E-state index contributed by atoms with van der Waals surface area (Å²) in [6, 6.07) is 15.5. The van der Waals surface area contributed by atoms with E-state index in [1.54, 1.807) is 7.05 Å². The van der Waals surface area contributed by atoms with E-state index < -0.39 is 0 Å². The first-order valence-corrected chi connectivity index (χ1v) is 8.88. The van der Waals surface area contributed by atoms with E-state index in [0.29, 0.717) is 11.0 Å². The number of hydrogen-bond donors (Lipinski definition) is 1. The molecule has 0 unspecified atom stereocenters. The number of thioether (sulfide) groups is 1. The van der Waals surface area contributed by atoms with Crippen molar-refractivity contribution in [3.63, 3.8) is 0 Å². The van der Waals surface area contributed by atoms with Gasteiger partial charge in [-0.1, -0.05) is 48.2 Å². The molecule has 130 valence electrons. The van der Waals surface area contributed by atoms with Gasteiger partial charge in [-0.2, -0.15) is 0 Å². The quantitative estimate of drug-likeness (QED) is 0.546. The van der Waals surface area contributed by atoms with E-state index in [1.807, 2.05) is 59.1 Å². The predicted octanol–water partition coefficient (Wildman–Crippen LogP) is 2.26. The van der Waals surface area contributed by atoms with Crippen LogP contribution in [0.2, 0.25) is 0 Å². The minimum atomic E-state index is -0.152. The normalized spacial score (nSPS) is 11.0. The molecule has 4 rings (SSSR count). The van der Waals surface area contributed by atoms with Crippen LogP contribution in [0.4, 0.5) is 5.82 Å². The van der Waals surface area contributed by atoms with Gasteiger partial charge < -0.3 is 5.32 Å². The van der Waals surface area contributed by atoms with Gasteiger partial charge in [-0.25, -0.2) is 9.67 Å². The maximum atomic E-state index is 12.5. The third-order valence-electron chi connectivity index (χ3n) is 3.75. The van der Waals surface area contributed by atoms with Gasteiger partial charge in [-0.15, -0.1) is 5.10 Å². The molecule has 0 atom stereocenters. The summed E-state index contributed by atoms with van der Waals surface area (Å²) in [4.78, 5) is 17.2. The predicted molar refractivity (Wildman–Crippen MR) is 98.8 cm³/mol. The van der Waals surface area contributed by atoms with Gasteiger partial charge in [-0.3, -0.25) is 9.20 Å². The van der Waals surface area contributed by atoms with Crippen LogP contribution in [-0.2, 0) is 11.8 Å². The maximum absolute atomic E-state index is 12.5. The third kappa shape index (κ3) is 3.16. The number of fused-ring (bicyclic) bond motifs is 1. The molecule has 0 spiro atoms. The van der Waals surface area contributed by atoms with E-state index in [-0.39, 0.29) is 11.7 Å². The average molecular weight is 365 g/mol. The Balaban J connectivity index is 1.62. The van der Waals surface area contributed by atoms with Crippen molar-refractivity contribution >= 4 is 29.1 Å². The number of amides is 1. The van der Waals surface area contributed by atoms with Crippen LogP contribution < -0.4 is 5.32 Å². The van der Waals surface area contributed by atoms with Gasteiger partial charge in [0, 0.05) is 18.8 Å². The van der Waals surface area contributed by atoms with Crippen LogP contribution in [0.1, 0.15) is 0 Å². The van der Waals surface area contributed by atoms with Crippen molar-refractivity contribution in [1.82, 2.24) is 29.6 Å². The number of benzene rings is 1. The molecule has 0 radical (unpaired) electrons. The van der Waals surface area contributed by atoms with Crippen LogP contribution in [0.3, 0.4) is 0 Å². The second kappa shape index (κ2) is 6.96. The Labute approximate surface area is 153 Å². The van der Waals surface area contributed by atoms with E-state index in [2.05, 4.69) is 25.8 Å². The van der Waals surface area contributed by atoms with Crippen molar-refractivity contribution < 1.29 is 4.79 Å². The Morgan fingerprint density at radius 3 is 2.73 bits per heavy atom. The molecule has 8 nitrogen and oxygen atoms in total. The summed E-state index contributed by atoms with van der Waals surface area (Å²) in [6.07, 6.45) is 1.88. The molecule has 0 fully saturated rings. The summed E-state index contributed by atoms with van der Waals surface area (Å²) in [5.41, 5.74) is 2.44. The van der Waals surface area contributed by atoms with Crippen molar-refractivity contribution in [2.24, 2.45) is 7.05 Å². The fraction of sp³-hybridized carbons (Fsp3) is 0.118. The summed E-state index contributed by atoms with van der Waals surface area (Å²) < 4.78 is 3.40. The lowest BCUT2D eigenvalue weighted by Gasteiger charge is -2.07. The number of carbonyl (C=O) groups excluding carboxylic acids is 1. The molecule has 0 aliphatic heterocycles. The summed E-state index contributed by atoms with van der Waals surface area (Å²) in [5.74, 6) is 0.692. The highest BCUT2D eigenvalue weighted by Gasteiger charge is 2.16. The zero-order valence-corrected chi connectivity index (χ0v) is 14.7. The molecule has 3 aromatic heterocycles. The molecule has 3 heterocycles. The number of nitrogens with one attached hydrogen (secondary N) is 1. The first-order chi connectivity index (χ1) is 12.7. The second-order valence-electron chi connectivity index (χ2n) is 5.53. The van der Waals surface area contributed by atoms with Crippen molar-refractivity contribution in [3.8, 4) is 11.3 Å². The van der Waals surface area contributed by atoms with Crippen LogP contribution >= 0.6 is 11.8 Å². The van der Waals surface area contributed by atoms with Gasteiger partial charge in [0.05, 0.1) is 5.75 Å². The first kappa shape index (κ1) is 16.3. The number of hydrogen-bond acceptors (Lipinski definition) is 6. The number of tetrazole rings is 1. The van der Waals surface area contributed by atoms with Crippen molar-refractivity contribution in [3.05, 3.63) is 54.7 Å². The number of pyridine rings is 1. The molecule has 0 saturated heterocycles. The monoisotopic (exact) mass is 365 g/mol. The number of rotatable bonds is 5. The zero-order valence-electron chi connectivity index (χ0n) is 13.9. The number of imidazole rings is 1. The first-order valence-electron chi connectivity index (χ1n) is 7.90. The highest BCUT2D eigenvalue weighted by molar-refractivity contribution is 7.99. The van der Waals surface area contributed by atoms with Gasteiger partial charge in [0.25, 0.3) is 0 Å². The fourth-order valence-electron chi connectivity index (χ4n) is 2.55. The Kier molecular flexibility index (Phi) is 4.36. The molecule has 26 heavy (non-hydrogen) atoms. The van der Waals surface area contributed by atoms with Crippen LogP contribution in [0.5, 0.6) is 0 Å². The summed E-state index contributed by atoms with van der Waals surface area (Å²) in [7, 11) is 1.73. The highest BCUT2D eigenvalue weighted by atomic mass is 32.2. The molecule has 0 bridgehead atoms. The van der Waals surface area contributed by atoms with E-state index in [1.165, 1.54) is 16.4 Å². The van der Waals surface area contributed by atoms with Crippen LogP contribution in [-0.4, -0.2) is 41.3 Å². The van der Waals surface area contributed by atoms with Gasteiger partial charge in [0.1, 0.15) is 17.2 Å². The van der Waals surface area contributed by atoms with Gasteiger partial charge in [0.15, 0.2) is 0 Å². The fourth-order valence-corrected chi connectivity index (χ4v) is 3.20. The largest absolute Gasteiger partial charge is 0.309 e. The molecule has 1 N–H and O–H groups in total. The molecule has 1 aromatic carbocycles. The number of aromatic nitrogens is 6. The van der Waals surface area contributed by atoms with E-state index in [4.69, 9.17) is 0 Å².